The molecule has 0 heterocycles. The summed E-state index contributed by atoms with van der Waals surface area (Å²) in [5, 5.41) is 13.9. The van der Waals surface area contributed by atoms with Crippen molar-refractivity contribution in [3.8, 4) is 17.2 Å². The number of hydrogen-bond acceptors (Lipinski definition) is 5. The summed E-state index contributed by atoms with van der Waals surface area (Å²) >= 11 is 0. The Kier molecular flexibility index (Phi) is 4.88. The highest BCUT2D eigenvalue weighted by Crippen LogP contribution is 2.47. The van der Waals surface area contributed by atoms with Gasteiger partial charge in [0, 0.05) is 11.5 Å². The predicted octanol–water partition coefficient (Wildman–Crippen LogP) is 2.66. The molecule has 130 valence electrons. The maximum atomic E-state index is 12.2. The average molecular weight is 340 g/mol. The van der Waals surface area contributed by atoms with Crippen LogP contribution in [0.3, 0.4) is 0 Å². The molecule has 1 aliphatic rings. The molecule has 2 aromatic carbocycles. The number of methoxy groups -OCH3 is 2. The number of ether oxygens (including phenoxy) is 2. The van der Waals surface area contributed by atoms with E-state index in [4.69, 9.17) is 9.47 Å². The van der Waals surface area contributed by atoms with Gasteiger partial charge in [-0.25, -0.2) is 5.43 Å². The zero-order valence-corrected chi connectivity index (χ0v) is 14.1. The van der Waals surface area contributed by atoms with Crippen molar-refractivity contribution in [2.24, 2.45) is 11.0 Å². The molecule has 2 N–H and O–H groups in total. The Hall–Kier alpha value is -3.02. The first-order valence-corrected chi connectivity index (χ1v) is 7.97. The molecule has 1 aliphatic carbocycles. The van der Waals surface area contributed by atoms with Crippen LogP contribution in [-0.2, 0) is 4.79 Å². The van der Waals surface area contributed by atoms with Crippen molar-refractivity contribution in [3.63, 3.8) is 0 Å². The summed E-state index contributed by atoms with van der Waals surface area (Å²) in [7, 11) is 2.90. The van der Waals surface area contributed by atoms with E-state index in [2.05, 4.69) is 10.5 Å². The van der Waals surface area contributed by atoms with Gasteiger partial charge in [0.15, 0.2) is 11.5 Å². The van der Waals surface area contributed by atoms with Crippen LogP contribution in [0, 0.1) is 5.92 Å². The van der Waals surface area contributed by atoms with Crippen LogP contribution in [0.5, 0.6) is 17.2 Å². The SMILES string of the molecule is COc1cc(/C=N/NC(=O)C2CC2c2ccccc2)cc(OC)c1O. The van der Waals surface area contributed by atoms with E-state index in [0.29, 0.717) is 5.56 Å². The Bertz CT molecular complexity index is 764. The van der Waals surface area contributed by atoms with Gasteiger partial charge in [0.25, 0.3) is 0 Å². The van der Waals surface area contributed by atoms with Gasteiger partial charge in [0.05, 0.1) is 20.4 Å². The minimum Gasteiger partial charge on any atom is -0.502 e. The lowest BCUT2D eigenvalue weighted by molar-refractivity contribution is -0.122. The molecule has 2 unspecified atom stereocenters. The van der Waals surface area contributed by atoms with E-state index in [1.54, 1.807) is 12.1 Å². The molecule has 0 radical (unpaired) electrons. The van der Waals surface area contributed by atoms with Gasteiger partial charge in [-0.05, 0) is 30.0 Å². The monoisotopic (exact) mass is 340 g/mol. The van der Waals surface area contributed by atoms with Crippen LogP contribution in [0.25, 0.3) is 0 Å². The van der Waals surface area contributed by atoms with Gasteiger partial charge in [0.1, 0.15) is 0 Å². The summed E-state index contributed by atoms with van der Waals surface area (Å²) in [5.41, 5.74) is 4.39. The van der Waals surface area contributed by atoms with E-state index in [0.717, 1.165) is 6.42 Å². The summed E-state index contributed by atoms with van der Waals surface area (Å²) in [6.45, 7) is 0. The van der Waals surface area contributed by atoms with Crippen LogP contribution in [0.1, 0.15) is 23.5 Å². The standard InChI is InChI=1S/C19H20N2O4/c1-24-16-8-12(9-17(25-2)18(16)22)11-20-21-19(23)15-10-14(15)13-6-4-3-5-7-13/h3-9,11,14-15,22H,10H2,1-2H3,(H,21,23)/b20-11+. The zero-order valence-electron chi connectivity index (χ0n) is 14.1. The van der Waals surface area contributed by atoms with Crippen LogP contribution in [-0.4, -0.2) is 31.4 Å². The normalized spacial score (nSPS) is 18.8. The maximum Gasteiger partial charge on any atom is 0.243 e. The van der Waals surface area contributed by atoms with Crippen molar-refractivity contribution in [2.75, 3.05) is 14.2 Å². The molecule has 2 aromatic rings. The Morgan fingerprint density at radius 1 is 1.20 bits per heavy atom. The van der Waals surface area contributed by atoms with Gasteiger partial charge in [-0.1, -0.05) is 30.3 Å². The zero-order chi connectivity index (χ0) is 17.8. The third-order valence-corrected chi connectivity index (χ3v) is 4.25. The van der Waals surface area contributed by atoms with Crippen molar-refractivity contribution in [1.82, 2.24) is 5.43 Å². The molecular formula is C19H20N2O4. The fraction of sp³-hybridized carbons (Fsp3) is 0.263. The number of nitrogens with one attached hydrogen (secondary N) is 1. The predicted molar refractivity (Wildman–Crippen MR) is 94.2 cm³/mol. The first kappa shape index (κ1) is 16.8. The van der Waals surface area contributed by atoms with E-state index in [-0.39, 0.29) is 35.0 Å². The van der Waals surface area contributed by atoms with Crippen LogP contribution >= 0.6 is 0 Å². The molecule has 1 amide bonds. The first-order chi connectivity index (χ1) is 12.1. The molecular weight excluding hydrogens is 320 g/mol. The molecule has 25 heavy (non-hydrogen) atoms. The summed E-state index contributed by atoms with van der Waals surface area (Å²) in [6.07, 6.45) is 2.33. The quantitative estimate of drug-likeness (QED) is 0.626. The fourth-order valence-corrected chi connectivity index (χ4v) is 2.80. The molecule has 0 spiro atoms. The van der Waals surface area contributed by atoms with Gasteiger partial charge in [0.2, 0.25) is 11.7 Å². The van der Waals surface area contributed by atoms with Crippen LogP contribution < -0.4 is 14.9 Å². The topological polar surface area (TPSA) is 80.2 Å². The van der Waals surface area contributed by atoms with Gasteiger partial charge in [-0.2, -0.15) is 5.10 Å². The molecule has 0 bridgehead atoms. The molecule has 3 rings (SSSR count). The third-order valence-electron chi connectivity index (χ3n) is 4.25. The molecule has 0 aromatic heterocycles. The van der Waals surface area contributed by atoms with E-state index in [1.807, 2.05) is 30.3 Å². The highest BCUT2D eigenvalue weighted by molar-refractivity contribution is 5.86. The van der Waals surface area contributed by atoms with Crippen LogP contribution in [0.2, 0.25) is 0 Å². The maximum absolute atomic E-state index is 12.2. The molecule has 1 fully saturated rings. The van der Waals surface area contributed by atoms with Crippen LogP contribution in [0.4, 0.5) is 0 Å². The van der Waals surface area contributed by atoms with E-state index >= 15 is 0 Å². The molecule has 6 heteroatoms. The number of amides is 1. The number of carbonyl (C=O) groups is 1. The van der Waals surface area contributed by atoms with E-state index in [9.17, 15) is 9.90 Å². The van der Waals surface area contributed by atoms with Gasteiger partial charge in [-0.3, -0.25) is 4.79 Å². The molecule has 1 saturated carbocycles. The number of phenolic OH excluding ortho intramolecular Hbond substituents is 1. The summed E-state index contributed by atoms with van der Waals surface area (Å²) < 4.78 is 10.2. The Morgan fingerprint density at radius 2 is 1.84 bits per heavy atom. The second kappa shape index (κ2) is 7.25. The van der Waals surface area contributed by atoms with Gasteiger partial charge >= 0.3 is 0 Å². The molecule has 0 saturated heterocycles. The second-order valence-electron chi connectivity index (χ2n) is 5.87. The Morgan fingerprint density at radius 3 is 2.44 bits per heavy atom. The largest absolute Gasteiger partial charge is 0.502 e. The molecule has 6 nitrogen and oxygen atoms in total. The summed E-state index contributed by atoms with van der Waals surface area (Å²) in [6, 6.07) is 13.2. The summed E-state index contributed by atoms with van der Waals surface area (Å²) in [4.78, 5) is 12.2. The van der Waals surface area contributed by atoms with Gasteiger partial charge in [-0.15, -0.1) is 0 Å². The lowest BCUT2D eigenvalue weighted by Gasteiger charge is -2.09. The van der Waals surface area contributed by atoms with E-state index < -0.39 is 0 Å². The van der Waals surface area contributed by atoms with Crippen molar-refractivity contribution in [1.29, 1.82) is 0 Å². The third kappa shape index (κ3) is 3.74. The fourth-order valence-electron chi connectivity index (χ4n) is 2.80. The number of nitrogens with zero attached hydrogens (tertiary/aromatic N) is 1. The van der Waals surface area contributed by atoms with Crippen molar-refractivity contribution in [2.45, 2.75) is 12.3 Å². The highest BCUT2D eigenvalue weighted by Gasteiger charge is 2.43. The molecule has 2 atom stereocenters. The number of carbonyl (C=O) groups excluding carboxylic acids is 1. The first-order valence-electron chi connectivity index (χ1n) is 7.97. The minimum absolute atomic E-state index is 0.0385. The smallest absolute Gasteiger partial charge is 0.243 e. The Balaban J connectivity index is 1.61. The summed E-state index contributed by atoms with van der Waals surface area (Å²) in [5.74, 6) is 0.614. The average Bonchev–Trinajstić information content (AvgIpc) is 3.44. The van der Waals surface area contributed by atoms with Crippen molar-refractivity contribution in [3.05, 3.63) is 53.6 Å². The van der Waals surface area contributed by atoms with Crippen LogP contribution in [0.15, 0.2) is 47.6 Å². The number of benzene rings is 2. The van der Waals surface area contributed by atoms with E-state index in [1.165, 1.54) is 26.0 Å². The second-order valence-corrected chi connectivity index (χ2v) is 5.87. The van der Waals surface area contributed by atoms with Crippen molar-refractivity contribution < 1.29 is 19.4 Å². The van der Waals surface area contributed by atoms with Gasteiger partial charge < -0.3 is 14.6 Å². The van der Waals surface area contributed by atoms with Crippen molar-refractivity contribution >= 4 is 12.1 Å². The lowest BCUT2D eigenvalue weighted by atomic mass is 10.1. The highest BCUT2D eigenvalue weighted by atomic mass is 16.5. The minimum atomic E-state index is -0.0946. The number of hydrogen-bond donors (Lipinski definition) is 2. The molecule has 0 aliphatic heterocycles. The number of aromatic hydroxyl groups is 1. The number of rotatable bonds is 6. The number of phenols is 1. The number of hydrazone groups is 1. The lowest BCUT2D eigenvalue weighted by Crippen LogP contribution is -2.20. The Labute approximate surface area is 146 Å².